The number of hydrogen-bond acceptors (Lipinski definition) is 4. The number of rotatable bonds is 6. The SMILES string of the molecule is CC(C)C(N)CC(=O)N1CCC(OCC(=O)O)CC1. The number of carbonyl (C=O) groups is 2. The highest BCUT2D eigenvalue weighted by Gasteiger charge is 2.25. The van der Waals surface area contributed by atoms with Crippen LogP contribution >= 0.6 is 0 Å². The van der Waals surface area contributed by atoms with Crippen LogP contribution in [0.15, 0.2) is 0 Å². The van der Waals surface area contributed by atoms with Crippen molar-refractivity contribution in [1.29, 1.82) is 0 Å². The number of carboxylic acid groups (broad SMARTS) is 1. The molecule has 19 heavy (non-hydrogen) atoms. The van der Waals surface area contributed by atoms with Crippen LogP contribution in [-0.4, -0.2) is 53.7 Å². The summed E-state index contributed by atoms with van der Waals surface area (Å²) in [6.45, 7) is 4.98. The van der Waals surface area contributed by atoms with Crippen molar-refractivity contribution in [3.05, 3.63) is 0 Å². The van der Waals surface area contributed by atoms with E-state index in [1.165, 1.54) is 0 Å². The first-order chi connectivity index (χ1) is 8.90. The Labute approximate surface area is 113 Å². The van der Waals surface area contributed by atoms with E-state index in [0.717, 1.165) is 0 Å². The number of nitrogens with zero attached hydrogens (tertiary/aromatic N) is 1. The van der Waals surface area contributed by atoms with E-state index < -0.39 is 5.97 Å². The Hall–Kier alpha value is -1.14. The molecular weight excluding hydrogens is 248 g/mol. The molecule has 0 bridgehead atoms. The van der Waals surface area contributed by atoms with Crippen molar-refractivity contribution >= 4 is 11.9 Å². The quantitative estimate of drug-likeness (QED) is 0.732. The lowest BCUT2D eigenvalue weighted by atomic mass is 10.0. The van der Waals surface area contributed by atoms with Crippen molar-refractivity contribution in [2.75, 3.05) is 19.7 Å². The Kier molecular flexibility index (Phi) is 6.24. The number of amides is 1. The molecule has 1 amide bonds. The molecule has 1 rings (SSSR count). The molecule has 110 valence electrons. The fourth-order valence-corrected chi connectivity index (χ4v) is 2.03. The normalized spacial score (nSPS) is 18.6. The molecule has 3 N–H and O–H groups in total. The largest absolute Gasteiger partial charge is 0.480 e. The molecule has 6 nitrogen and oxygen atoms in total. The Morgan fingerprint density at radius 3 is 2.42 bits per heavy atom. The Morgan fingerprint density at radius 1 is 1.37 bits per heavy atom. The molecule has 1 aliphatic rings. The maximum atomic E-state index is 12.0. The summed E-state index contributed by atoms with van der Waals surface area (Å²) in [4.78, 5) is 24.2. The third kappa shape index (κ3) is 5.57. The number of carboxylic acids is 1. The summed E-state index contributed by atoms with van der Waals surface area (Å²) in [6, 6.07) is -0.103. The van der Waals surface area contributed by atoms with Crippen LogP contribution in [0, 0.1) is 5.92 Å². The standard InChI is InChI=1S/C13H24N2O4/c1-9(2)11(14)7-12(16)15-5-3-10(4-6-15)19-8-13(17)18/h9-11H,3-8,14H2,1-2H3,(H,17,18). The molecule has 1 fully saturated rings. The number of aliphatic carboxylic acids is 1. The molecule has 0 aliphatic carbocycles. The van der Waals surface area contributed by atoms with Crippen LogP contribution in [0.5, 0.6) is 0 Å². The Bertz CT molecular complexity index is 312. The van der Waals surface area contributed by atoms with Gasteiger partial charge in [-0.05, 0) is 18.8 Å². The molecule has 6 heteroatoms. The van der Waals surface area contributed by atoms with Crippen molar-refractivity contribution in [1.82, 2.24) is 4.90 Å². The lowest BCUT2D eigenvalue weighted by Gasteiger charge is -2.32. The summed E-state index contributed by atoms with van der Waals surface area (Å²) < 4.78 is 5.23. The predicted molar refractivity (Wildman–Crippen MR) is 70.6 cm³/mol. The van der Waals surface area contributed by atoms with Gasteiger partial charge in [-0.3, -0.25) is 4.79 Å². The third-order valence-electron chi connectivity index (χ3n) is 3.50. The fraction of sp³-hybridized carbons (Fsp3) is 0.846. The zero-order chi connectivity index (χ0) is 14.4. The molecule has 0 aromatic heterocycles. The number of ether oxygens (including phenoxy) is 1. The van der Waals surface area contributed by atoms with E-state index in [0.29, 0.717) is 38.3 Å². The van der Waals surface area contributed by atoms with Gasteiger partial charge in [-0.15, -0.1) is 0 Å². The number of carbonyl (C=O) groups excluding carboxylic acids is 1. The minimum Gasteiger partial charge on any atom is -0.480 e. The highest BCUT2D eigenvalue weighted by molar-refractivity contribution is 5.77. The third-order valence-corrected chi connectivity index (χ3v) is 3.50. The van der Waals surface area contributed by atoms with Crippen LogP contribution < -0.4 is 5.73 Å². The average molecular weight is 272 g/mol. The lowest BCUT2D eigenvalue weighted by molar-refractivity contribution is -0.147. The van der Waals surface area contributed by atoms with Crippen LogP contribution in [0.1, 0.15) is 33.1 Å². The summed E-state index contributed by atoms with van der Waals surface area (Å²) >= 11 is 0. The summed E-state index contributed by atoms with van der Waals surface area (Å²) in [5, 5.41) is 8.53. The van der Waals surface area contributed by atoms with Gasteiger partial charge < -0.3 is 20.5 Å². The maximum absolute atomic E-state index is 12.0. The monoisotopic (exact) mass is 272 g/mol. The van der Waals surface area contributed by atoms with E-state index in [2.05, 4.69) is 0 Å². The molecule has 0 aromatic carbocycles. The van der Waals surface area contributed by atoms with Crippen molar-refractivity contribution in [3.63, 3.8) is 0 Å². The van der Waals surface area contributed by atoms with Crippen molar-refractivity contribution in [2.24, 2.45) is 11.7 Å². The van der Waals surface area contributed by atoms with Crippen molar-refractivity contribution < 1.29 is 19.4 Å². The Morgan fingerprint density at radius 2 is 1.95 bits per heavy atom. The molecule has 1 unspecified atom stereocenters. The summed E-state index contributed by atoms with van der Waals surface area (Å²) in [5.74, 6) is -0.584. The minimum absolute atomic E-state index is 0.0566. The second kappa shape index (κ2) is 7.45. The van der Waals surface area contributed by atoms with E-state index in [1.54, 1.807) is 4.90 Å². The van der Waals surface area contributed by atoms with Gasteiger partial charge in [-0.2, -0.15) is 0 Å². The van der Waals surface area contributed by atoms with E-state index in [1.807, 2.05) is 13.8 Å². The first-order valence-electron chi connectivity index (χ1n) is 6.77. The van der Waals surface area contributed by atoms with Crippen LogP contribution in [0.25, 0.3) is 0 Å². The van der Waals surface area contributed by atoms with Gasteiger partial charge in [0.15, 0.2) is 0 Å². The molecule has 1 atom stereocenters. The van der Waals surface area contributed by atoms with Crippen LogP contribution in [-0.2, 0) is 14.3 Å². The van der Waals surface area contributed by atoms with Crippen LogP contribution in [0.4, 0.5) is 0 Å². The minimum atomic E-state index is -0.957. The summed E-state index contributed by atoms with van der Waals surface area (Å²) in [6.07, 6.45) is 1.70. The van der Waals surface area contributed by atoms with E-state index in [4.69, 9.17) is 15.6 Å². The smallest absolute Gasteiger partial charge is 0.329 e. The Balaban J connectivity index is 2.29. The topological polar surface area (TPSA) is 92.9 Å². The molecule has 0 radical (unpaired) electrons. The highest BCUT2D eigenvalue weighted by atomic mass is 16.5. The first kappa shape index (κ1) is 15.9. The fourth-order valence-electron chi connectivity index (χ4n) is 2.03. The van der Waals surface area contributed by atoms with E-state index >= 15 is 0 Å². The van der Waals surface area contributed by atoms with Gasteiger partial charge >= 0.3 is 5.97 Å². The van der Waals surface area contributed by atoms with Gasteiger partial charge in [-0.1, -0.05) is 13.8 Å². The molecule has 0 aromatic rings. The van der Waals surface area contributed by atoms with Gasteiger partial charge in [0.05, 0.1) is 6.10 Å². The predicted octanol–water partition coefficient (Wildman–Crippen LogP) is 0.452. The van der Waals surface area contributed by atoms with E-state index in [-0.39, 0.29) is 24.7 Å². The second-order valence-electron chi connectivity index (χ2n) is 5.40. The first-order valence-corrected chi connectivity index (χ1v) is 6.77. The second-order valence-corrected chi connectivity index (χ2v) is 5.40. The molecule has 1 heterocycles. The van der Waals surface area contributed by atoms with E-state index in [9.17, 15) is 9.59 Å². The molecule has 1 saturated heterocycles. The van der Waals surface area contributed by atoms with Gasteiger partial charge in [0.2, 0.25) is 5.91 Å². The summed E-state index contributed by atoms with van der Waals surface area (Å²) in [5.41, 5.74) is 5.89. The molecule has 0 saturated carbocycles. The van der Waals surface area contributed by atoms with Gasteiger partial charge in [0.1, 0.15) is 6.61 Å². The number of likely N-dealkylation sites (tertiary alicyclic amines) is 1. The molecule has 1 aliphatic heterocycles. The van der Waals surface area contributed by atoms with Crippen LogP contribution in [0.3, 0.4) is 0 Å². The zero-order valence-corrected chi connectivity index (χ0v) is 11.7. The number of nitrogens with two attached hydrogens (primary N) is 1. The average Bonchev–Trinajstić information content (AvgIpc) is 2.36. The number of hydrogen-bond donors (Lipinski definition) is 2. The van der Waals surface area contributed by atoms with Crippen LogP contribution in [0.2, 0.25) is 0 Å². The summed E-state index contributed by atoms with van der Waals surface area (Å²) in [7, 11) is 0. The van der Waals surface area contributed by atoms with Gasteiger partial charge in [0.25, 0.3) is 0 Å². The zero-order valence-electron chi connectivity index (χ0n) is 11.7. The van der Waals surface area contributed by atoms with Crippen molar-refractivity contribution in [2.45, 2.75) is 45.3 Å². The lowest BCUT2D eigenvalue weighted by Crippen LogP contribution is -2.44. The number of piperidine rings is 1. The van der Waals surface area contributed by atoms with Crippen molar-refractivity contribution in [3.8, 4) is 0 Å². The highest BCUT2D eigenvalue weighted by Crippen LogP contribution is 2.15. The molecular formula is C13H24N2O4. The maximum Gasteiger partial charge on any atom is 0.329 e. The molecule has 0 spiro atoms. The van der Waals surface area contributed by atoms with Gasteiger partial charge in [-0.25, -0.2) is 4.79 Å². The van der Waals surface area contributed by atoms with Gasteiger partial charge in [0, 0.05) is 25.6 Å².